The van der Waals surface area contributed by atoms with Crippen LogP contribution in [0.4, 0.5) is 5.69 Å². The number of amides is 1. The Hall–Kier alpha value is -2.01. The highest BCUT2D eigenvalue weighted by molar-refractivity contribution is 7.16. The van der Waals surface area contributed by atoms with Crippen LogP contribution < -0.4 is 10.7 Å². The molecule has 2 N–H and O–H groups in total. The van der Waals surface area contributed by atoms with Crippen molar-refractivity contribution in [3.63, 3.8) is 0 Å². The van der Waals surface area contributed by atoms with Gasteiger partial charge < -0.3 is 4.90 Å². The lowest BCUT2D eigenvalue weighted by molar-refractivity contribution is -0.384. The maximum Gasteiger partial charge on any atom is 0.308 e. The van der Waals surface area contributed by atoms with Crippen LogP contribution in [0.25, 0.3) is 10.2 Å². The summed E-state index contributed by atoms with van der Waals surface area (Å²) in [5, 5.41) is 12.4. The first-order chi connectivity index (χ1) is 11.0. The number of carbonyl (C=O) groups excluding carboxylic acids is 1. The number of piperazine rings is 1. The average Bonchev–Trinajstić information content (AvgIpc) is 2.83. The summed E-state index contributed by atoms with van der Waals surface area (Å²) in [6.45, 7) is 2.17. The van der Waals surface area contributed by atoms with Gasteiger partial charge >= 0.3 is 4.87 Å². The molecule has 24 heavy (non-hydrogen) atoms. The Morgan fingerprint density at radius 3 is 2.58 bits per heavy atom. The number of nitrogens with zero attached hydrogens (tertiary/aromatic N) is 4. The molecule has 11 heteroatoms. The first-order valence-electron chi connectivity index (χ1n) is 7.01. The summed E-state index contributed by atoms with van der Waals surface area (Å²) in [5.74, 6) is 5.50. The number of nitro groups is 1. The van der Waals surface area contributed by atoms with Gasteiger partial charge in [-0.25, -0.2) is 5.01 Å². The second kappa shape index (κ2) is 7.26. The number of nitro benzene ring substituents is 1. The Labute approximate surface area is 146 Å². The highest BCUT2D eigenvalue weighted by atomic mass is 35.5. The highest BCUT2D eigenvalue weighted by Gasteiger charge is 2.21. The summed E-state index contributed by atoms with van der Waals surface area (Å²) in [6, 6.07) is 4.20. The van der Waals surface area contributed by atoms with Crippen molar-refractivity contribution in [3.8, 4) is 0 Å². The highest BCUT2D eigenvalue weighted by Crippen LogP contribution is 2.23. The molecule has 3 rings (SSSR count). The fourth-order valence-corrected chi connectivity index (χ4v) is 3.45. The van der Waals surface area contributed by atoms with E-state index in [1.54, 1.807) is 9.91 Å². The van der Waals surface area contributed by atoms with Gasteiger partial charge in [-0.1, -0.05) is 11.3 Å². The van der Waals surface area contributed by atoms with Gasteiger partial charge in [-0.2, -0.15) is 0 Å². The van der Waals surface area contributed by atoms with Crippen LogP contribution in [0.3, 0.4) is 0 Å². The van der Waals surface area contributed by atoms with E-state index in [0.717, 1.165) is 11.3 Å². The number of thiazole rings is 1. The number of halogens is 1. The minimum atomic E-state index is -0.509. The number of hydrazine groups is 1. The van der Waals surface area contributed by atoms with Gasteiger partial charge in [0.1, 0.15) is 6.54 Å². The third-order valence-corrected chi connectivity index (χ3v) is 4.76. The van der Waals surface area contributed by atoms with E-state index < -0.39 is 4.92 Å². The molecule has 1 aliphatic heterocycles. The molecule has 0 bridgehead atoms. The lowest BCUT2D eigenvalue weighted by atomic mass is 10.3. The van der Waals surface area contributed by atoms with E-state index in [1.165, 1.54) is 22.8 Å². The molecule has 2 heterocycles. The number of nitrogens with two attached hydrogens (primary N) is 1. The van der Waals surface area contributed by atoms with Crippen LogP contribution in [0, 0.1) is 10.1 Å². The van der Waals surface area contributed by atoms with Gasteiger partial charge in [0.05, 0.1) is 15.1 Å². The largest absolute Gasteiger partial charge is 0.338 e. The van der Waals surface area contributed by atoms with E-state index in [0.29, 0.717) is 36.4 Å². The first kappa shape index (κ1) is 18.3. The maximum absolute atomic E-state index is 12.3. The Kier molecular flexibility index (Phi) is 5.54. The average molecular weight is 374 g/mol. The van der Waals surface area contributed by atoms with Gasteiger partial charge in [0, 0.05) is 38.3 Å². The fourth-order valence-electron chi connectivity index (χ4n) is 2.52. The third kappa shape index (κ3) is 3.56. The van der Waals surface area contributed by atoms with Crippen molar-refractivity contribution in [1.29, 1.82) is 0 Å². The van der Waals surface area contributed by atoms with E-state index in [4.69, 9.17) is 5.84 Å². The molecule has 130 valence electrons. The summed E-state index contributed by atoms with van der Waals surface area (Å²) in [4.78, 5) is 36.1. The summed E-state index contributed by atoms with van der Waals surface area (Å²) in [6.07, 6.45) is 0. The molecular weight excluding hydrogens is 358 g/mol. The standard InChI is InChI=1S/C13H15N5O4S.ClH/c14-16-5-3-15(4-6-16)12(19)8-17-10-2-1-9(18(21)22)7-11(10)23-13(17)20;/h1-2,7H,3-6,8,14H2;1H. The zero-order chi connectivity index (χ0) is 16.6. The van der Waals surface area contributed by atoms with Gasteiger partial charge in [-0.3, -0.25) is 30.1 Å². The number of fused-ring (bicyclic) bond motifs is 1. The van der Waals surface area contributed by atoms with Crippen molar-refractivity contribution in [3.05, 3.63) is 38.0 Å². The number of aromatic nitrogens is 1. The molecule has 1 saturated heterocycles. The minimum Gasteiger partial charge on any atom is -0.338 e. The van der Waals surface area contributed by atoms with Crippen LogP contribution in [-0.4, -0.2) is 51.5 Å². The molecule has 1 aromatic carbocycles. The van der Waals surface area contributed by atoms with Crippen LogP contribution in [0.15, 0.2) is 23.0 Å². The topological polar surface area (TPSA) is 115 Å². The van der Waals surface area contributed by atoms with E-state index in [9.17, 15) is 19.7 Å². The molecular formula is C13H16ClN5O4S. The summed E-state index contributed by atoms with van der Waals surface area (Å²) < 4.78 is 1.87. The maximum atomic E-state index is 12.3. The van der Waals surface area contributed by atoms with Crippen LogP contribution >= 0.6 is 23.7 Å². The van der Waals surface area contributed by atoms with Crippen molar-refractivity contribution in [2.75, 3.05) is 26.2 Å². The van der Waals surface area contributed by atoms with Crippen molar-refractivity contribution in [2.45, 2.75) is 6.54 Å². The number of benzene rings is 1. The van der Waals surface area contributed by atoms with Gasteiger partial charge in [0.2, 0.25) is 5.91 Å². The Morgan fingerprint density at radius 1 is 1.29 bits per heavy atom. The fraction of sp³-hybridized carbons (Fsp3) is 0.385. The second-order valence-electron chi connectivity index (χ2n) is 5.28. The monoisotopic (exact) mass is 373 g/mol. The Morgan fingerprint density at radius 2 is 1.96 bits per heavy atom. The SMILES string of the molecule is Cl.NN1CCN(C(=O)Cn2c(=O)sc3cc([N+](=O)[O-])ccc32)CC1. The molecule has 0 atom stereocenters. The molecule has 0 aliphatic carbocycles. The van der Waals surface area contributed by atoms with E-state index in [2.05, 4.69) is 0 Å². The van der Waals surface area contributed by atoms with Crippen LogP contribution in [-0.2, 0) is 11.3 Å². The quantitative estimate of drug-likeness (QED) is 0.473. The van der Waals surface area contributed by atoms with Gasteiger partial charge in [-0.15, -0.1) is 12.4 Å². The first-order valence-corrected chi connectivity index (χ1v) is 7.82. The van der Waals surface area contributed by atoms with Crippen molar-refractivity contribution in [1.82, 2.24) is 14.5 Å². The number of hydrogen-bond donors (Lipinski definition) is 1. The van der Waals surface area contributed by atoms with Crippen LogP contribution in [0.1, 0.15) is 0 Å². The molecule has 1 aliphatic rings. The van der Waals surface area contributed by atoms with Gasteiger partial charge in [0.15, 0.2) is 0 Å². The molecule has 0 radical (unpaired) electrons. The molecule has 2 aromatic rings. The van der Waals surface area contributed by atoms with Crippen molar-refractivity contribution in [2.24, 2.45) is 5.84 Å². The van der Waals surface area contributed by atoms with Crippen molar-refractivity contribution >= 4 is 45.6 Å². The Bertz CT molecular complexity index is 827. The molecule has 0 saturated carbocycles. The zero-order valence-corrected chi connectivity index (χ0v) is 14.2. The number of carbonyl (C=O) groups is 1. The minimum absolute atomic E-state index is 0. The lowest BCUT2D eigenvalue weighted by Gasteiger charge is -2.32. The molecule has 1 aromatic heterocycles. The number of hydrogen-bond acceptors (Lipinski definition) is 7. The Balaban J connectivity index is 0.00000208. The normalized spacial score (nSPS) is 15.3. The van der Waals surface area contributed by atoms with E-state index >= 15 is 0 Å². The van der Waals surface area contributed by atoms with Crippen molar-refractivity contribution < 1.29 is 9.72 Å². The van der Waals surface area contributed by atoms with E-state index in [-0.39, 0.29) is 35.4 Å². The molecule has 1 amide bonds. The number of non-ortho nitro benzene ring substituents is 1. The third-order valence-electron chi connectivity index (χ3n) is 3.82. The predicted molar refractivity (Wildman–Crippen MR) is 92.3 cm³/mol. The molecule has 0 spiro atoms. The van der Waals surface area contributed by atoms with Crippen LogP contribution in [0.5, 0.6) is 0 Å². The van der Waals surface area contributed by atoms with Crippen LogP contribution in [0.2, 0.25) is 0 Å². The predicted octanol–water partition coefficient (Wildman–Crippen LogP) is 0.411. The second-order valence-corrected chi connectivity index (χ2v) is 6.27. The van der Waals surface area contributed by atoms with E-state index in [1.807, 2.05) is 0 Å². The summed E-state index contributed by atoms with van der Waals surface area (Å²) in [5.41, 5.74) is 0.465. The summed E-state index contributed by atoms with van der Waals surface area (Å²) >= 11 is 0.903. The summed E-state index contributed by atoms with van der Waals surface area (Å²) in [7, 11) is 0. The molecule has 0 unspecified atom stereocenters. The molecule has 9 nitrogen and oxygen atoms in total. The lowest BCUT2D eigenvalue weighted by Crippen LogP contribution is -2.52. The number of rotatable bonds is 3. The zero-order valence-electron chi connectivity index (χ0n) is 12.6. The molecule has 1 fully saturated rings. The smallest absolute Gasteiger partial charge is 0.308 e. The van der Waals surface area contributed by atoms with Gasteiger partial charge in [-0.05, 0) is 6.07 Å². The van der Waals surface area contributed by atoms with Gasteiger partial charge in [0.25, 0.3) is 5.69 Å².